The van der Waals surface area contributed by atoms with Crippen molar-refractivity contribution in [2.45, 2.75) is 26.3 Å². The molecule has 0 aromatic heterocycles. The number of nitrogens with zero attached hydrogens (tertiary/aromatic N) is 1. The van der Waals surface area contributed by atoms with Crippen molar-refractivity contribution in [3.05, 3.63) is 42.5 Å². The molecule has 2 N–H and O–H groups in total. The van der Waals surface area contributed by atoms with Crippen molar-refractivity contribution in [1.82, 2.24) is 4.90 Å². The number of aliphatic carboxylic acids is 1. The van der Waals surface area contributed by atoms with Gasteiger partial charge in [0.05, 0.1) is 12.6 Å². The molecule has 1 unspecified atom stereocenters. The summed E-state index contributed by atoms with van der Waals surface area (Å²) < 4.78 is 0. The summed E-state index contributed by atoms with van der Waals surface area (Å²) in [6.45, 7) is 4.12. The molecule has 130 valence electrons. The number of benzene rings is 2. The molecule has 0 bridgehead atoms. The predicted molar refractivity (Wildman–Crippen MR) is 98.8 cm³/mol. The highest BCUT2D eigenvalue weighted by atomic mass is 35.5. The van der Waals surface area contributed by atoms with Crippen LogP contribution in [0.4, 0.5) is 5.69 Å². The Morgan fingerprint density at radius 2 is 1.83 bits per heavy atom. The van der Waals surface area contributed by atoms with E-state index in [1.807, 2.05) is 49.4 Å². The van der Waals surface area contributed by atoms with E-state index in [1.54, 1.807) is 11.8 Å². The maximum Gasteiger partial charge on any atom is 0.317 e. The van der Waals surface area contributed by atoms with Crippen LogP contribution in [0.5, 0.6) is 0 Å². The van der Waals surface area contributed by atoms with Crippen LogP contribution in [-0.4, -0.2) is 41.0 Å². The number of carbonyl (C=O) groups excluding carboxylic acids is 1. The largest absolute Gasteiger partial charge is 0.480 e. The molecule has 2 rings (SSSR count). The number of carboxylic acids is 1. The molecule has 0 aliphatic heterocycles. The second-order valence-electron chi connectivity index (χ2n) is 5.56. The SMILES string of the molecule is CCCN(CC(=O)O)C(C)C(=O)Nc1cccc2ccccc12.Cl. The minimum Gasteiger partial charge on any atom is -0.480 e. The molecule has 0 radical (unpaired) electrons. The zero-order chi connectivity index (χ0) is 16.8. The first kappa shape index (κ1) is 19.9. The minimum atomic E-state index is -0.928. The van der Waals surface area contributed by atoms with E-state index in [4.69, 9.17) is 5.11 Å². The van der Waals surface area contributed by atoms with Crippen LogP contribution >= 0.6 is 12.4 Å². The summed E-state index contributed by atoms with van der Waals surface area (Å²) in [5.74, 6) is -1.13. The van der Waals surface area contributed by atoms with Crippen LogP contribution in [0.25, 0.3) is 10.8 Å². The van der Waals surface area contributed by atoms with Gasteiger partial charge in [-0.1, -0.05) is 43.3 Å². The third kappa shape index (κ3) is 4.94. The van der Waals surface area contributed by atoms with Crippen LogP contribution in [0.15, 0.2) is 42.5 Å². The Hall–Kier alpha value is -2.11. The van der Waals surface area contributed by atoms with Crippen molar-refractivity contribution in [3.63, 3.8) is 0 Å². The highest BCUT2D eigenvalue weighted by Crippen LogP contribution is 2.23. The van der Waals surface area contributed by atoms with Crippen LogP contribution in [0.3, 0.4) is 0 Å². The third-order valence-corrected chi connectivity index (χ3v) is 3.82. The summed E-state index contributed by atoms with van der Waals surface area (Å²) in [6.07, 6.45) is 0.791. The van der Waals surface area contributed by atoms with Gasteiger partial charge in [0.25, 0.3) is 0 Å². The molecular weight excluding hydrogens is 328 g/mol. The molecule has 0 spiro atoms. The van der Waals surface area contributed by atoms with Gasteiger partial charge < -0.3 is 10.4 Å². The van der Waals surface area contributed by atoms with E-state index in [0.717, 1.165) is 22.9 Å². The van der Waals surface area contributed by atoms with Gasteiger partial charge in [-0.25, -0.2) is 0 Å². The summed E-state index contributed by atoms with van der Waals surface area (Å²) in [4.78, 5) is 25.1. The Kier molecular flexibility index (Phi) is 7.68. The van der Waals surface area contributed by atoms with Gasteiger partial charge in [-0.2, -0.15) is 0 Å². The summed E-state index contributed by atoms with van der Waals surface area (Å²) >= 11 is 0. The van der Waals surface area contributed by atoms with Gasteiger partial charge in [0, 0.05) is 11.1 Å². The smallest absolute Gasteiger partial charge is 0.317 e. The number of nitrogens with one attached hydrogen (secondary N) is 1. The summed E-state index contributed by atoms with van der Waals surface area (Å²) in [7, 11) is 0. The Bertz CT molecular complexity index is 700. The fraction of sp³-hybridized carbons (Fsp3) is 0.333. The van der Waals surface area contributed by atoms with E-state index in [0.29, 0.717) is 6.54 Å². The van der Waals surface area contributed by atoms with Crippen LogP contribution in [0, 0.1) is 0 Å². The van der Waals surface area contributed by atoms with Gasteiger partial charge in [-0.3, -0.25) is 14.5 Å². The lowest BCUT2D eigenvalue weighted by Gasteiger charge is -2.26. The number of rotatable bonds is 7. The van der Waals surface area contributed by atoms with E-state index in [9.17, 15) is 9.59 Å². The zero-order valence-electron chi connectivity index (χ0n) is 13.9. The lowest BCUT2D eigenvalue weighted by atomic mass is 10.1. The average molecular weight is 351 g/mol. The summed E-state index contributed by atoms with van der Waals surface area (Å²) in [5.41, 5.74) is 0.742. The van der Waals surface area contributed by atoms with Gasteiger partial charge in [0.2, 0.25) is 5.91 Å². The van der Waals surface area contributed by atoms with E-state index in [-0.39, 0.29) is 24.9 Å². The van der Waals surface area contributed by atoms with Crippen LogP contribution in [0.2, 0.25) is 0 Å². The van der Waals surface area contributed by atoms with Gasteiger partial charge in [0.1, 0.15) is 0 Å². The van der Waals surface area contributed by atoms with Gasteiger partial charge >= 0.3 is 5.97 Å². The molecule has 2 aromatic carbocycles. The molecule has 0 aliphatic carbocycles. The van der Waals surface area contributed by atoms with Gasteiger partial charge in [-0.05, 0) is 31.3 Å². The number of halogens is 1. The average Bonchev–Trinajstić information content (AvgIpc) is 2.53. The quantitative estimate of drug-likeness (QED) is 0.803. The predicted octanol–water partition coefficient (Wildman–Crippen LogP) is 3.39. The first-order valence-electron chi connectivity index (χ1n) is 7.77. The van der Waals surface area contributed by atoms with Gasteiger partial charge in [0.15, 0.2) is 0 Å². The van der Waals surface area contributed by atoms with Crippen molar-refractivity contribution in [3.8, 4) is 0 Å². The van der Waals surface area contributed by atoms with E-state index in [1.165, 1.54) is 0 Å². The summed E-state index contributed by atoms with van der Waals surface area (Å²) in [5, 5.41) is 13.9. The van der Waals surface area contributed by atoms with Crippen LogP contribution in [-0.2, 0) is 9.59 Å². The molecule has 0 aliphatic rings. The fourth-order valence-electron chi connectivity index (χ4n) is 2.61. The Balaban J connectivity index is 0.00000288. The molecule has 24 heavy (non-hydrogen) atoms. The molecule has 2 aromatic rings. The molecule has 6 heteroatoms. The molecular formula is C18H23ClN2O3. The van der Waals surface area contributed by atoms with Crippen molar-refractivity contribution in [1.29, 1.82) is 0 Å². The number of anilines is 1. The number of carbonyl (C=O) groups is 2. The van der Waals surface area contributed by atoms with E-state index in [2.05, 4.69) is 5.32 Å². The normalized spacial score (nSPS) is 11.8. The molecule has 0 heterocycles. The molecule has 1 atom stereocenters. The molecule has 0 fully saturated rings. The highest BCUT2D eigenvalue weighted by Gasteiger charge is 2.23. The van der Waals surface area contributed by atoms with Crippen molar-refractivity contribution in [2.24, 2.45) is 0 Å². The Morgan fingerprint density at radius 1 is 1.17 bits per heavy atom. The Morgan fingerprint density at radius 3 is 2.50 bits per heavy atom. The number of hydrogen-bond acceptors (Lipinski definition) is 3. The van der Waals surface area contributed by atoms with Crippen LogP contribution < -0.4 is 5.32 Å². The zero-order valence-corrected chi connectivity index (χ0v) is 14.7. The molecule has 1 amide bonds. The molecule has 0 saturated heterocycles. The number of fused-ring (bicyclic) bond motifs is 1. The highest BCUT2D eigenvalue weighted by molar-refractivity contribution is 6.03. The van der Waals surface area contributed by atoms with Gasteiger partial charge in [-0.15, -0.1) is 12.4 Å². The maximum atomic E-state index is 12.5. The number of carboxylic acid groups (broad SMARTS) is 1. The molecule has 5 nitrogen and oxygen atoms in total. The Labute approximate surface area is 148 Å². The summed E-state index contributed by atoms with van der Waals surface area (Å²) in [6, 6.07) is 13.0. The standard InChI is InChI=1S/C18H22N2O3.ClH/c1-3-11-20(12-17(21)22)13(2)18(23)19-16-10-6-8-14-7-4-5-9-15(14)16;/h4-10,13H,3,11-12H2,1-2H3,(H,19,23)(H,21,22);1H. The lowest BCUT2D eigenvalue weighted by molar-refractivity contribution is -0.139. The second kappa shape index (κ2) is 9.25. The van der Waals surface area contributed by atoms with Crippen molar-refractivity contribution < 1.29 is 14.7 Å². The number of amides is 1. The first-order valence-corrected chi connectivity index (χ1v) is 7.77. The molecule has 0 saturated carbocycles. The first-order chi connectivity index (χ1) is 11.0. The van der Waals surface area contributed by atoms with Crippen molar-refractivity contribution in [2.75, 3.05) is 18.4 Å². The van der Waals surface area contributed by atoms with Crippen molar-refractivity contribution >= 4 is 40.7 Å². The minimum absolute atomic E-state index is 0. The van der Waals surface area contributed by atoms with E-state index < -0.39 is 12.0 Å². The maximum absolute atomic E-state index is 12.5. The second-order valence-corrected chi connectivity index (χ2v) is 5.56. The van der Waals surface area contributed by atoms with E-state index >= 15 is 0 Å². The topological polar surface area (TPSA) is 69.6 Å². The number of hydrogen-bond donors (Lipinski definition) is 2. The third-order valence-electron chi connectivity index (χ3n) is 3.82. The monoisotopic (exact) mass is 350 g/mol. The van der Waals surface area contributed by atoms with Crippen LogP contribution in [0.1, 0.15) is 20.3 Å². The fourth-order valence-corrected chi connectivity index (χ4v) is 2.61. The lowest BCUT2D eigenvalue weighted by Crippen LogP contribution is -2.44.